The number of H-pyrrole nitrogens is 1. The molecule has 1 heterocycles. The predicted octanol–water partition coefficient (Wildman–Crippen LogP) is 3.89. The molecule has 2 aromatic carbocycles. The summed E-state index contributed by atoms with van der Waals surface area (Å²) in [7, 11) is 0. The third-order valence-corrected chi connectivity index (χ3v) is 4.42. The van der Waals surface area contributed by atoms with Crippen LogP contribution in [0.2, 0.25) is 0 Å². The van der Waals surface area contributed by atoms with E-state index in [1.54, 1.807) is 0 Å². The molecule has 0 saturated heterocycles. The monoisotopic (exact) mass is 335 g/mol. The summed E-state index contributed by atoms with van der Waals surface area (Å²) in [5, 5.41) is 7.56. The highest BCUT2D eigenvalue weighted by atomic mass is 16.1. The van der Waals surface area contributed by atoms with Crippen molar-refractivity contribution in [1.29, 1.82) is 0 Å². The van der Waals surface area contributed by atoms with Gasteiger partial charge in [-0.25, -0.2) is 0 Å². The summed E-state index contributed by atoms with van der Waals surface area (Å²) in [4.78, 5) is 15.3. The molecule has 0 radical (unpaired) electrons. The minimum Gasteiger partial charge on any atom is -0.361 e. The third kappa shape index (κ3) is 4.70. The molecule has 1 aromatic heterocycles. The zero-order chi connectivity index (χ0) is 17.5. The second kappa shape index (κ2) is 8.49. The van der Waals surface area contributed by atoms with Gasteiger partial charge in [0.05, 0.1) is 0 Å². The SMILES string of the molecule is CCc1ccc(NC(=O)CCNCCc2c[nH]c3ccccc23)cc1. The number of benzene rings is 2. The van der Waals surface area contributed by atoms with Gasteiger partial charge in [0, 0.05) is 35.8 Å². The Balaban J connectivity index is 1.37. The van der Waals surface area contributed by atoms with Gasteiger partial charge in [-0.15, -0.1) is 0 Å². The Morgan fingerprint density at radius 3 is 2.64 bits per heavy atom. The number of carbonyl (C=O) groups excluding carboxylic acids is 1. The number of rotatable bonds is 8. The van der Waals surface area contributed by atoms with Crippen LogP contribution in [0.3, 0.4) is 0 Å². The maximum Gasteiger partial charge on any atom is 0.225 e. The quantitative estimate of drug-likeness (QED) is 0.547. The molecule has 0 fully saturated rings. The van der Waals surface area contributed by atoms with Crippen LogP contribution in [0.5, 0.6) is 0 Å². The van der Waals surface area contributed by atoms with Crippen LogP contribution in [0.25, 0.3) is 10.9 Å². The van der Waals surface area contributed by atoms with Crippen LogP contribution in [-0.2, 0) is 17.6 Å². The molecular weight excluding hydrogens is 310 g/mol. The fourth-order valence-corrected chi connectivity index (χ4v) is 2.94. The van der Waals surface area contributed by atoms with E-state index in [2.05, 4.69) is 59.1 Å². The molecule has 25 heavy (non-hydrogen) atoms. The maximum atomic E-state index is 12.0. The zero-order valence-corrected chi connectivity index (χ0v) is 14.6. The van der Waals surface area contributed by atoms with E-state index in [1.165, 1.54) is 22.0 Å². The molecular formula is C21H25N3O. The van der Waals surface area contributed by atoms with Crippen LogP contribution in [0.1, 0.15) is 24.5 Å². The molecule has 0 aliphatic carbocycles. The first-order valence-electron chi connectivity index (χ1n) is 8.91. The van der Waals surface area contributed by atoms with Crippen molar-refractivity contribution in [3.8, 4) is 0 Å². The Morgan fingerprint density at radius 2 is 1.84 bits per heavy atom. The van der Waals surface area contributed by atoms with Gasteiger partial charge in [0.2, 0.25) is 5.91 Å². The number of para-hydroxylation sites is 1. The second-order valence-electron chi connectivity index (χ2n) is 6.21. The van der Waals surface area contributed by atoms with E-state index in [4.69, 9.17) is 0 Å². The van der Waals surface area contributed by atoms with Gasteiger partial charge in [0.25, 0.3) is 0 Å². The number of nitrogens with one attached hydrogen (secondary N) is 3. The van der Waals surface area contributed by atoms with E-state index >= 15 is 0 Å². The van der Waals surface area contributed by atoms with Crippen molar-refractivity contribution in [2.75, 3.05) is 18.4 Å². The van der Waals surface area contributed by atoms with E-state index in [0.717, 1.165) is 25.1 Å². The van der Waals surface area contributed by atoms with Crippen LogP contribution in [0.15, 0.2) is 54.7 Å². The predicted molar refractivity (Wildman–Crippen MR) is 104 cm³/mol. The van der Waals surface area contributed by atoms with Gasteiger partial charge in [-0.05, 0) is 48.7 Å². The van der Waals surface area contributed by atoms with E-state index in [9.17, 15) is 4.79 Å². The van der Waals surface area contributed by atoms with Crippen LogP contribution >= 0.6 is 0 Å². The van der Waals surface area contributed by atoms with Crippen molar-refractivity contribution >= 4 is 22.5 Å². The first-order valence-corrected chi connectivity index (χ1v) is 8.91. The number of fused-ring (bicyclic) bond motifs is 1. The molecule has 4 nitrogen and oxygen atoms in total. The number of amides is 1. The summed E-state index contributed by atoms with van der Waals surface area (Å²) in [6.07, 6.45) is 4.50. The fraction of sp³-hybridized carbons (Fsp3) is 0.286. The Morgan fingerprint density at radius 1 is 1.04 bits per heavy atom. The number of hydrogen-bond donors (Lipinski definition) is 3. The summed E-state index contributed by atoms with van der Waals surface area (Å²) in [6.45, 7) is 3.66. The van der Waals surface area contributed by atoms with Crippen molar-refractivity contribution in [3.05, 3.63) is 65.9 Å². The summed E-state index contributed by atoms with van der Waals surface area (Å²) in [5.74, 6) is 0.0452. The molecule has 0 aliphatic heterocycles. The molecule has 0 atom stereocenters. The molecule has 3 N–H and O–H groups in total. The number of anilines is 1. The minimum absolute atomic E-state index is 0.0452. The third-order valence-electron chi connectivity index (χ3n) is 4.42. The lowest BCUT2D eigenvalue weighted by Crippen LogP contribution is -2.23. The Kier molecular flexibility index (Phi) is 5.86. The van der Waals surface area contributed by atoms with Crippen LogP contribution in [-0.4, -0.2) is 24.0 Å². The van der Waals surface area contributed by atoms with E-state index in [0.29, 0.717) is 13.0 Å². The van der Waals surface area contributed by atoms with Crippen LogP contribution in [0.4, 0.5) is 5.69 Å². The summed E-state index contributed by atoms with van der Waals surface area (Å²) in [5.41, 5.74) is 4.62. The van der Waals surface area contributed by atoms with E-state index in [1.807, 2.05) is 18.2 Å². The van der Waals surface area contributed by atoms with E-state index in [-0.39, 0.29) is 5.91 Å². The molecule has 1 amide bonds. The number of aromatic amines is 1. The first-order chi connectivity index (χ1) is 12.3. The van der Waals surface area contributed by atoms with E-state index < -0.39 is 0 Å². The summed E-state index contributed by atoms with van der Waals surface area (Å²) >= 11 is 0. The number of carbonyl (C=O) groups is 1. The fourth-order valence-electron chi connectivity index (χ4n) is 2.94. The molecule has 3 aromatic rings. The van der Waals surface area contributed by atoms with Gasteiger partial charge >= 0.3 is 0 Å². The topological polar surface area (TPSA) is 56.9 Å². The molecule has 0 aliphatic rings. The summed E-state index contributed by atoms with van der Waals surface area (Å²) < 4.78 is 0. The smallest absolute Gasteiger partial charge is 0.225 e. The van der Waals surface area contributed by atoms with Crippen molar-refractivity contribution in [1.82, 2.24) is 10.3 Å². The van der Waals surface area contributed by atoms with Gasteiger partial charge < -0.3 is 15.6 Å². The molecule has 0 saturated carbocycles. The highest BCUT2D eigenvalue weighted by Crippen LogP contribution is 2.17. The van der Waals surface area contributed by atoms with Crippen molar-refractivity contribution < 1.29 is 4.79 Å². The van der Waals surface area contributed by atoms with Gasteiger partial charge in [-0.2, -0.15) is 0 Å². The largest absolute Gasteiger partial charge is 0.361 e. The van der Waals surface area contributed by atoms with Crippen LogP contribution in [0, 0.1) is 0 Å². The normalized spacial score (nSPS) is 10.9. The van der Waals surface area contributed by atoms with Gasteiger partial charge in [0.1, 0.15) is 0 Å². The molecule has 130 valence electrons. The molecule has 0 spiro atoms. The van der Waals surface area contributed by atoms with Crippen molar-refractivity contribution in [2.45, 2.75) is 26.2 Å². The lowest BCUT2D eigenvalue weighted by molar-refractivity contribution is -0.116. The molecule has 0 unspecified atom stereocenters. The van der Waals surface area contributed by atoms with Crippen molar-refractivity contribution in [3.63, 3.8) is 0 Å². The Labute approximate surface area is 148 Å². The number of hydrogen-bond acceptors (Lipinski definition) is 2. The molecule has 0 bridgehead atoms. The molecule has 4 heteroatoms. The zero-order valence-electron chi connectivity index (χ0n) is 14.6. The first kappa shape index (κ1) is 17.2. The highest BCUT2D eigenvalue weighted by molar-refractivity contribution is 5.90. The van der Waals surface area contributed by atoms with Gasteiger partial charge in [0.15, 0.2) is 0 Å². The number of aryl methyl sites for hydroxylation is 1. The Bertz CT molecular complexity index is 821. The Hall–Kier alpha value is -2.59. The minimum atomic E-state index is 0.0452. The van der Waals surface area contributed by atoms with Gasteiger partial charge in [-0.3, -0.25) is 4.79 Å². The lowest BCUT2D eigenvalue weighted by atomic mass is 10.1. The highest BCUT2D eigenvalue weighted by Gasteiger charge is 2.04. The van der Waals surface area contributed by atoms with Crippen molar-refractivity contribution in [2.24, 2.45) is 0 Å². The standard InChI is InChI=1S/C21H25N3O/c1-2-16-7-9-18(10-8-16)24-21(25)12-14-22-13-11-17-15-23-20-6-4-3-5-19(17)20/h3-10,15,22-23H,2,11-14H2,1H3,(H,24,25). The van der Waals surface area contributed by atoms with Gasteiger partial charge in [-0.1, -0.05) is 37.3 Å². The van der Waals surface area contributed by atoms with Crippen LogP contribution < -0.4 is 10.6 Å². The lowest BCUT2D eigenvalue weighted by Gasteiger charge is -2.07. The maximum absolute atomic E-state index is 12.0. The second-order valence-corrected chi connectivity index (χ2v) is 6.21. The summed E-state index contributed by atoms with van der Waals surface area (Å²) in [6, 6.07) is 16.3. The number of aromatic nitrogens is 1. The molecule has 3 rings (SSSR count). The average molecular weight is 335 g/mol. The average Bonchev–Trinajstić information content (AvgIpc) is 3.05.